The number of carbonyl (C=O) groups is 1. The van der Waals surface area contributed by atoms with Crippen LogP contribution in [0.1, 0.15) is 41.8 Å². The highest BCUT2D eigenvalue weighted by atomic mass is 32.2. The molecule has 0 radical (unpaired) electrons. The summed E-state index contributed by atoms with van der Waals surface area (Å²) in [6, 6.07) is 2.77. The molecule has 1 fully saturated rings. The first-order valence-corrected chi connectivity index (χ1v) is 8.33. The largest absolute Gasteiger partial charge is 0.478 e. The molecule has 0 aromatic heterocycles. The zero-order chi connectivity index (χ0) is 16.0. The monoisotopic (exact) mass is 311 g/mol. The fourth-order valence-electron chi connectivity index (χ4n) is 2.63. The van der Waals surface area contributed by atoms with Crippen molar-refractivity contribution in [1.29, 1.82) is 0 Å². The van der Waals surface area contributed by atoms with Gasteiger partial charge in [-0.2, -0.15) is 4.31 Å². The average molecular weight is 311 g/mol. The summed E-state index contributed by atoms with van der Waals surface area (Å²) in [6.45, 7) is 8.46. The summed E-state index contributed by atoms with van der Waals surface area (Å²) in [4.78, 5) is 11.3. The fourth-order valence-corrected chi connectivity index (χ4v) is 4.58. The first-order chi connectivity index (χ1) is 9.54. The average Bonchev–Trinajstić information content (AvgIpc) is 2.73. The molecule has 1 aliphatic heterocycles. The lowest BCUT2D eigenvalue weighted by Gasteiger charge is -2.21. The molecular weight excluding hydrogens is 290 g/mol. The first-order valence-electron chi connectivity index (χ1n) is 6.89. The van der Waals surface area contributed by atoms with Gasteiger partial charge in [-0.3, -0.25) is 0 Å². The Kier molecular flexibility index (Phi) is 3.88. The maximum Gasteiger partial charge on any atom is 0.335 e. The Balaban J connectivity index is 2.53. The van der Waals surface area contributed by atoms with E-state index in [0.29, 0.717) is 24.2 Å². The van der Waals surface area contributed by atoms with Crippen molar-refractivity contribution < 1.29 is 18.3 Å². The van der Waals surface area contributed by atoms with Gasteiger partial charge in [0, 0.05) is 13.1 Å². The third-order valence-corrected chi connectivity index (χ3v) is 6.10. The van der Waals surface area contributed by atoms with Crippen LogP contribution in [0.2, 0.25) is 0 Å². The minimum atomic E-state index is -3.65. The molecule has 0 unspecified atom stereocenters. The zero-order valence-corrected chi connectivity index (χ0v) is 13.6. The predicted octanol–water partition coefficient (Wildman–Crippen LogP) is 2.42. The molecule has 1 N–H and O–H groups in total. The quantitative estimate of drug-likeness (QED) is 0.930. The molecule has 0 atom stereocenters. The van der Waals surface area contributed by atoms with Crippen LogP contribution >= 0.6 is 0 Å². The first kappa shape index (κ1) is 16.0. The topological polar surface area (TPSA) is 74.7 Å². The van der Waals surface area contributed by atoms with Crippen molar-refractivity contribution >= 4 is 16.0 Å². The van der Waals surface area contributed by atoms with Gasteiger partial charge in [0.05, 0.1) is 10.5 Å². The molecule has 0 spiro atoms. The number of hydrogen-bond donors (Lipinski definition) is 1. The number of sulfonamides is 1. The molecule has 0 amide bonds. The molecule has 116 valence electrons. The van der Waals surface area contributed by atoms with Crippen molar-refractivity contribution in [3.05, 3.63) is 28.8 Å². The van der Waals surface area contributed by atoms with Gasteiger partial charge in [0.2, 0.25) is 10.0 Å². The normalized spacial score (nSPS) is 18.9. The third kappa shape index (κ3) is 2.96. The highest BCUT2D eigenvalue weighted by Crippen LogP contribution is 2.34. The third-order valence-electron chi connectivity index (χ3n) is 4.13. The number of aryl methyl sites for hydroxylation is 1. The summed E-state index contributed by atoms with van der Waals surface area (Å²) in [5, 5.41) is 9.13. The Bertz CT molecular complexity index is 692. The van der Waals surface area contributed by atoms with Crippen LogP contribution in [0.3, 0.4) is 0 Å². The van der Waals surface area contributed by atoms with Gasteiger partial charge in [0.1, 0.15) is 0 Å². The van der Waals surface area contributed by atoms with Crippen LogP contribution in [0.5, 0.6) is 0 Å². The van der Waals surface area contributed by atoms with Crippen LogP contribution in [0.25, 0.3) is 0 Å². The number of benzene rings is 1. The van der Waals surface area contributed by atoms with Gasteiger partial charge in [0.25, 0.3) is 0 Å². The van der Waals surface area contributed by atoms with Crippen molar-refractivity contribution in [2.24, 2.45) is 5.41 Å². The van der Waals surface area contributed by atoms with Gasteiger partial charge < -0.3 is 5.11 Å². The predicted molar refractivity (Wildman–Crippen MR) is 80.0 cm³/mol. The van der Waals surface area contributed by atoms with E-state index < -0.39 is 16.0 Å². The highest BCUT2D eigenvalue weighted by Gasteiger charge is 2.37. The molecule has 1 aromatic rings. The summed E-state index contributed by atoms with van der Waals surface area (Å²) in [5.41, 5.74) is 1.26. The second-order valence-electron chi connectivity index (χ2n) is 6.47. The van der Waals surface area contributed by atoms with Crippen molar-refractivity contribution in [3.8, 4) is 0 Å². The van der Waals surface area contributed by atoms with Crippen LogP contribution in [0, 0.1) is 19.3 Å². The molecule has 6 heteroatoms. The molecule has 2 rings (SSSR count). The molecule has 21 heavy (non-hydrogen) atoms. The number of rotatable bonds is 3. The van der Waals surface area contributed by atoms with Crippen molar-refractivity contribution in [2.45, 2.75) is 39.0 Å². The lowest BCUT2D eigenvalue weighted by molar-refractivity contribution is 0.0696. The second-order valence-corrected chi connectivity index (χ2v) is 8.38. The maximum absolute atomic E-state index is 12.8. The Morgan fingerprint density at radius 1 is 1.29 bits per heavy atom. The van der Waals surface area contributed by atoms with Gasteiger partial charge in [-0.05, 0) is 48.9 Å². The lowest BCUT2D eigenvalue weighted by Crippen LogP contribution is -2.31. The number of carboxylic acids is 1. The highest BCUT2D eigenvalue weighted by molar-refractivity contribution is 7.89. The standard InChI is InChI=1S/C15H21NO4S/c1-10-7-12(14(17)18)8-13(11(10)2)21(19,20)16-6-5-15(3,4)9-16/h7-8H,5-6,9H2,1-4H3,(H,17,18). The van der Waals surface area contributed by atoms with E-state index in [1.807, 2.05) is 13.8 Å². The Labute approximate surface area is 125 Å². The number of hydrogen-bond acceptors (Lipinski definition) is 3. The Hall–Kier alpha value is -1.40. The smallest absolute Gasteiger partial charge is 0.335 e. The number of carboxylic acid groups (broad SMARTS) is 1. The zero-order valence-electron chi connectivity index (χ0n) is 12.8. The second kappa shape index (κ2) is 5.10. The molecular formula is C15H21NO4S. The Morgan fingerprint density at radius 2 is 1.90 bits per heavy atom. The summed E-state index contributed by atoms with van der Waals surface area (Å²) in [5.74, 6) is -1.11. The fraction of sp³-hybridized carbons (Fsp3) is 0.533. The van der Waals surface area contributed by atoms with Crippen LogP contribution in [0.15, 0.2) is 17.0 Å². The molecule has 1 aromatic carbocycles. The molecule has 1 aliphatic rings. The minimum Gasteiger partial charge on any atom is -0.478 e. The van der Waals surface area contributed by atoms with E-state index in [-0.39, 0.29) is 15.9 Å². The van der Waals surface area contributed by atoms with E-state index in [1.54, 1.807) is 13.8 Å². The van der Waals surface area contributed by atoms with Gasteiger partial charge >= 0.3 is 5.97 Å². The SMILES string of the molecule is Cc1cc(C(=O)O)cc(S(=O)(=O)N2CCC(C)(C)C2)c1C. The molecule has 0 bridgehead atoms. The van der Waals surface area contributed by atoms with Crippen molar-refractivity contribution in [3.63, 3.8) is 0 Å². The number of aromatic carboxylic acids is 1. The molecule has 1 heterocycles. The summed E-state index contributed by atoms with van der Waals surface area (Å²) in [7, 11) is -3.65. The lowest BCUT2D eigenvalue weighted by atomic mass is 9.93. The van der Waals surface area contributed by atoms with Gasteiger partial charge in [-0.25, -0.2) is 13.2 Å². The minimum absolute atomic E-state index is 0.00938. The van der Waals surface area contributed by atoms with Crippen LogP contribution in [-0.2, 0) is 10.0 Å². The summed E-state index contributed by atoms with van der Waals surface area (Å²) in [6.07, 6.45) is 0.808. The molecule has 5 nitrogen and oxygen atoms in total. The van der Waals surface area contributed by atoms with Crippen LogP contribution in [0.4, 0.5) is 0 Å². The van der Waals surface area contributed by atoms with E-state index in [2.05, 4.69) is 0 Å². The molecule has 0 aliphatic carbocycles. The van der Waals surface area contributed by atoms with E-state index in [9.17, 15) is 13.2 Å². The van der Waals surface area contributed by atoms with Gasteiger partial charge in [-0.15, -0.1) is 0 Å². The van der Waals surface area contributed by atoms with Crippen molar-refractivity contribution in [2.75, 3.05) is 13.1 Å². The maximum atomic E-state index is 12.8. The van der Waals surface area contributed by atoms with Gasteiger partial charge in [0.15, 0.2) is 0 Å². The van der Waals surface area contributed by atoms with Crippen LogP contribution in [-0.4, -0.2) is 36.9 Å². The van der Waals surface area contributed by atoms with E-state index in [0.717, 1.165) is 6.42 Å². The summed E-state index contributed by atoms with van der Waals surface area (Å²) >= 11 is 0. The number of nitrogens with zero attached hydrogens (tertiary/aromatic N) is 1. The Morgan fingerprint density at radius 3 is 2.38 bits per heavy atom. The molecule has 0 saturated carbocycles. The van der Waals surface area contributed by atoms with Crippen molar-refractivity contribution in [1.82, 2.24) is 4.31 Å². The summed E-state index contributed by atoms with van der Waals surface area (Å²) < 4.78 is 27.1. The molecule has 1 saturated heterocycles. The van der Waals surface area contributed by atoms with E-state index in [1.165, 1.54) is 16.4 Å². The van der Waals surface area contributed by atoms with Gasteiger partial charge in [-0.1, -0.05) is 13.8 Å². The van der Waals surface area contributed by atoms with Crippen LogP contribution < -0.4 is 0 Å². The van der Waals surface area contributed by atoms with E-state index in [4.69, 9.17) is 5.11 Å². The van der Waals surface area contributed by atoms with E-state index >= 15 is 0 Å².